The summed E-state index contributed by atoms with van der Waals surface area (Å²) in [7, 11) is 0. The molecule has 0 spiro atoms. The van der Waals surface area contributed by atoms with Gasteiger partial charge in [-0.1, -0.05) is 41.9 Å². The molecule has 0 aromatic carbocycles. The summed E-state index contributed by atoms with van der Waals surface area (Å²) < 4.78 is 86.2. The van der Waals surface area contributed by atoms with Gasteiger partial charge in [0.1, 0.15) is 0 Å². The van der Waals surface area contributed by atoms with Crippen LogP contribution in [0.2, 0.25) is 0 Å². The van der Waals surface area contributed by atoms with Gasteiger partial charge in [-0.05, 0) is 12.8 Å². The van der Waals surface area contributed by atoms with Gasteiger partial charge in [0.05, 0.1) is 0 Å². The van der Waals surface area contributed by atoms with E-state index in [1.165, 1.54) is 22.6 Å². The average Bonchev–Trinajstić information content (AvgIpc) is 2.26. The second kappa shape index (κ2) is 8.00. The number of rotatable bonds is 9. The third-order valence-corrected chi connectivity index (χ3v) is 3.78. The molecule has 0 bridgehead atoms. The summed E-state index contributed by atoms with van der Waals surface area (Å²) in [6.45, 7) is 0.00351. The van der Waals surface area contributed by atoms with Crippen molar-refractivity contribution in [3.8, 4) is 0 Å². The summed E-state index contributed by atoms with van der Waals surface area (Å²) >= 11 is 1.47. The standard InChI is InChI=1S/C11H16F7IO/c12-9(13,10(14,15)11(16,17)18)7-8(19)5-3-1-2-4-6-20/h8,20H,1-7H2. The van der Waals surface area contributed by atoms with Crippen LogP contribution >= 0.6 is 22.6 Å². The summed E-state index contributed by atoms with van der Waals surface area (Å²) in [5.41, 5.74) is 0. The van der Waals surface area contributed by atoms with E-state index in [2.05, 4.69) is 0 Å². The van der Waals surface area contributed by atoms with Crippen LogP contribution in [0.3, 0.4) is 0 Å². The number of alkyl halides is 8. The second-order valence-corrected chi connectivity index (χ2v) is 6.27. The van der Waals surface area contributed by atoms with Crippen LogP contribution in [0.5, 0.6) is 0 Å². The fourth-order valence-electron chi connectivity index (χ4n) is 1.55. The molecule has 20 heavy (non-hydrogen) atoms. The minimum atomic E-state index is -6.26. The third kappa shape index (κ3) is 5.90. The van der Waals surface area contributed by atoms with E-state index in [0.717, 1.165) is 0 Å². The molecule has 0 rings (SSSR count). The van der Waals surface area contributed by atoms with Gasteiger partial charge in [0, 0.05) is 17.0 Å². The van der Waals surface area contributed by atoms with Crippen molar-refractivity contribution >= 4 is 22.6 Å². The van der Waals surface area contributed by atoms with E-state index in [4.69, 9.17) is 5.11 Å². The summed E-state index contributed by atoms with van der Waals surface area (Å²) in [4.78, 5) is 0. The van der Waals surface area contributed by atoms with Crippen LogP contribution in [0.1, 0.15) is 38.5 Å². The number of aliphatic hydroxyl groups is 1. The van der Waals surface area contributed by atoms with E-state index in [1.54, 1.807) is 0 Å². The molecule has 0 amide bonds. The lowest BCUT2D eigenvalue weighted by Gasteiger charge is -2.29. The molecule has 0 aliphatic heterocycles. The van der Waals surface area contributed by atoms with Crippen LogP contribution in [-0.4, -0.2) is 33.7 Å². The van der Waals surface area contributed by atoms with Gasteiger partial charge in [0.2, 0.25) is 0 Å². The minimum absolute atomic E-state index is 0.00351. The highest BCUT2D eigenvalue weighted by atomic mass is 127. The summed E-state index contributed by atoms with van der Waals surface area (Å²) in [6.07, 6.45) is -5.37. The van der Waals surface area contributed by atoms with Crippen molar-refractivity contribution in [2.75, 3.05) is 6.61 Å². The maximum absolute atomic E-state index is 13.1. The molecule has 0 heterocycles. The molecule has 0 fully saturated rings. The van der Waals surface area contributed by atoms with Crippen LogP contribution in [0.15, 0.2) is 0 Å². The van der Waals surface area contributed by atoms with Crippen LogP contribution in [0.25, 0.3) is 0 Å². The highest BCUT2D eigenvalue weighted by Gasteiger charge is 2.72. The van der Waals surface area contributed by atoms with E-state index >= 15 is 0 Å². The average molecular weight is 424 g/mol. The number of halogens is 8. The van der Waals surface area contributed by atoms with Crippen molar-refractivity contribution in [3.63, 3.8) is 0 Å². The molecular weight excluding hydrogens is 408 g/mol. The molecule has 0 aromatic heterocycles. The van der Waals surface area contributed by atoms with Crippen molar-refractivity contribution in [1.82, 2.24) is 0 Å². The predicted molar refractivity (Wildman–Crippen MR) is 68.5 cm³/mol. The van der Waals surface area contributed by atoms with Crippen LogP contribution in [-0.2, 0) is 0 Å². The molecule has 0 aliphatic rings. The maximum atomic E-state index is 13.1. The van der Waals surface area contributed by atoms with Crippen LogP contribution in [0, 0.1) is 0 Å². The maximum Gasteiger partial charge on any atom is 0.459 e. The molecule has 1 atom stereocenters. The first-order valence-corrected chi connectivity index (χ1v) is 7.27. The van der Waals surface area contributed by atoms with Gasteiger partial charge in [-0.2, -0.15) is 30.7 Å². The van der Waals surface area contributed by atoms with E-state index in [0.29, 0.717) is 25.7 Å². The van der Waals surface area contributed by atoms with Crippen molar-refractivity contribution in [1.29, 1.82) is 0 Å². The van der Waals surface area contributed by atoms with E-state index in [-0.39, 0.29) is 13.0 Å². The molecule has 0 aromatic rings. The number of aliphatic hydroxyl groups excluding tert-OH is 1. The highest BCUT2D eigenvalue weighted by molar-refractivity contribution is 14.1. The fourth-order valence-corrected chi connectivity index (χ4v) is 2.54. The topological polar surface area (TPSA) is 20.2 Å². The Morgan fingerprint density at radius 1 is 0.850 bits per heavy atom. The Morgan fingerprint density at radius 3 is 1.80 bits per heavy atom. The molecule has 122 valence electrons. The van der Waals surface area contributed by atoms with E-state index in [9.17, 15) is 30.7 Å². The lowest BCUT2D eigenvalue weighted by atomic mass is 10.0. The Bertz CT molecular complexity index is 280. The minimum Gasteiger partial charge on any atom is -0.396 e. The van der Waals surface area contributed by atoms with Crippen molar-refractivity contribution in [3.05, 3.63) is 0 Å². The Kier molecular flexibility index (Phi) is 8.08. The summed E-state index contributed by atoms with van der Waals surface area (Å²) in [5, 5.41) is 8.50. The van der Waals surface area contributed by atoms with Gasteiger partial charge in [-0.25, -0.2) is 0 Å². The Balaban J connectivity index is 4.32. The second-order valence-electron chi connectivity index (χ2n) is 4.50. The molecule has 1 N–H and O–H groups in total. The van der Waals surface area contributed by atoms with Gasteiger partial charge < -0.3 is 5.11 Å². The largest absolute Gasteiger partial charge is 0.459 e. The summed E-state index contributed by atoms with van der Waals surface area (Å²) in [6, 6.07) is 0. The van der Waals surface area contributed by atoms with Gasteiger partial charge in [0.25, 0.3) is 0 Å². The Labute approximate surface area is 126 Å². The number of hydrogen-bond donors (Lipinski definition) is 1. The van der Waals surface area contributed by atoms with E-state index in [1.807, 2.05) is 0 Å². The zero-order chi connectivity index (χ0) is 16.0. The lowest BCUT2D eigenvalue weighted by Crippen LogP contribution is -2.52. The first-order chi connectivity index (χ1) is 8.95. The molecule has 9 heteroatoms. The normalized spacial score (nSPS) is 15.4. The SMILES string of the molecule is OCCCCCCC(I)CC(F)(F)C(F)(F)C(F)(F)F. The lowest BCUT2D eigenvalue weighted by molar-refractivity contribution is -0.355. The quantitative estimate of drug-likeness (QED) is 0.240. The monoisotopic (exact) mass is 424 g/mol. The molecule has 1 nitrogen and oxygen atoms in total. The smallest absolute Gasteiger partial charge is 0.396 e. The Morgan fingerprint density at radius 2 is 1.35 bits per heavy atom. The zero-order valence-electron chi connectivity index (χ0n) is 10.5. The summed E-state index contributed by atoms with van der Waals surface area (Å²) in [5.74, 6) is -11.1. The predicted octanol–water partition coefficient (Wildman–Crippen LogP) is 4.96. The molecule has 0 saturated carbocycles. The van der Waals surface area contributed by atoms with E-state index < -0.39 is 28.4 Å². The van der Waals surface area contributed by atoms with Crippen LogP contribution < -0.4 is 0 Å². The third-order valence-electron chi connectivity index (χ3n) is 2.72. The molecule has 0 saturated heterocycles. The van der Waals surface area contributed by atoms with Crippen LogP contribution in [0.4, 0.5) is 30.7 Å². The van der Waals surface area contributed by atoms with Gasteiger partial charge >= 0.3 is 18.0 Å². The Hall–Kier alpha value is 0.200. The molecule has 1 unspecified atom stereocenters. The van der Waals surface area contributed by atoms with Crippen molar-refractivity contribution in [2.45, 2.75) is 60.5 Å². The first-order valence-electron chi connectivity index (χ1n) is 6.03. The highest BCUT2D eigenvalue weighted by Crippen LogP contribution is 2.49. The molecular formula is C11H16F7IO. The van der Waals surface area contributed by atoms with Gasteiger partial charge in [-0.15, -0.1) is 0 Å². The molecule has 0 aliphatic carbocycles. The first kappa shape index (κ1) is 20.2. The van der Waals surface area contributed by atoms with Gasteiger partial charge in [-0.3, -0.25) is 0 Å². The number of hydrogen-bond acceptors (Lipinski definition) is 1. The van der Waals surface area contributed by atoms with Gasteiger partial charge in [0.15, 0.2) is 0 Å². The molecule has 0 radical (unpaired) electrons. The fraction of sp³-hybridized carbons (Fsp3) is 1.00. The number of unbranched alkanes of at least 4 members (excludes halogenated alkanes) is 3. The van der Waals surface area contributed by atoms with Crippen molar-refractivity contribution < 1.29 is 35.8 Å². The van der Waals surface area contributed by atoms with Crippen molar-refractivity contribution in [2.24, 2.45) is 0 Å². The zero-order valence-corrected chi connectivity index (χ0v) is 12.7.